The smallest absolute Gasteiger partial charge is 0.293 e. The molecule has 124 valence electrons. The van der Waals surface area contributed by atoms with Crippen molar-refractivity contribution in [3.63, 3.8) is 0 Å². The largest absolute Gasteiger partial charge is 0.486 e. The molecule has 0 N–H and O–H groups in total. The van der Waals surface area contributed by atoms with E-state index < -0.39 is 0 Å². The molecule has 2 aromatic carbocycles. The molecular weight excluding hydrogens is 340 g/mol. The highest BCUT2D eigenvalue weighted by atomic mass is 35.5. The summed E-state index contributed by atoms with van der Waals surface area (Å²) in [5, 5.41) is 4.65. The molecule has 0 saturated heterocycles. The van der Waals surface area contributed by atoms with E-state index in [2.05, 4.69) is 10.1 Å². The lowest BCUT2D eigenvalue weighted by molar-refractivity contribution is 0.270. The quantitative estimate of drug-likeness (QED) is 0.492. The molecule has 2 heterocycles. The van der Waals surface area contributed by atoms with Gasteiger partial charge in [-0.1, -0.05) is 47.1 Å². The van der Waals surface area contributed by atoms with Crippen molar-refractivity contribution in [3.8, 4) is 28.8 Å². The third-order valence-electron chi connectivity index (χ3n) is 3.53. The first-order chi connectivity index (χ1) is 12.3. The highest BCUT2D eigenvalue weighted by molar-refractivity contribution is 6.30. The summed E-state index contributed by atoms with van der Waals surface area (Å²) < 4.78 is 16.7. The van der Waals surface area contributed by atoms with Gasteiger partial charge in [-0.25, -0.2) is 0 Å². The van der Waals surface area contributed by atoms with Crippen LogP contribution in [0.4, 0.5) is 0 Å². The van der Waals surface area contributed by atoms with E-state index >= 15 is 0 Å². The molecule has 0 aliphatic heterocycles. The summed E-state index contributed by atoms with van der Waals surface area (Å²) in [4.78, 5) is 4.37. The molecule has 0 aliphatic carbocycles. The minimum Gasteiger partial charge on any atom is -0.486 e. The standard InChI is InChI=1S/C19H13ClN2O3/c20-14-6-8-15(9-7-14)23-12-16-10-11-17(24-16)19-21-18(22-25-19)13-4-2-1-3-5-13/h1-11H,12H2. The van der Waals surface area contributed by atoms with E-state index in [0.29, 0.717) is 40.6 Å². The summed E-state index contributed by atoms with van der Waals surface area (Å²) in [7, 11) is 0. The van der Waals surface area contributed by atoms with Crippen LogP contribution in [0.2, 0.25) is 5.02 Å². The van der Waals surface area contributed by atoms with Crippen LogP contribution in [-0.4, -0.2) is 10.1 Å². The van der Waals surface area contributed by atoms with Crippen molar-refractivity contribution in [2.24, 2.45) is 0 Å². The van der Waals surface area contributed by atoms with Crippen LogP contribution >= 0.6 is 11.6 Å². The lowest BCUT2D eigenvalue weighted by Crippen LogP contribution is -1.93. The van der Waals surface area contributed by atoms with E-state index in [1.54, 1.807) is 30.3 Å². The molecular formula is C19H13ClN2O3. The lowest BCUT2D eigenvalue weighted by Gasteiger charge is -2.03. The van der Waals surface area contributed by atoms with Gasteiger partial charge >= 0.3 is 0 Å². The van der Waals surface area contributed by atoms with Gasteiger partial charge in [0.25, 0.3) is 5.89 Å². The lowest BCUT2D eigenvalue weighted by atomic mass is 10.2. The first kappa shape index (κ1) is 15.5. The Balaban J connectivity index is 1.46. The number of furan rings is 1. The fraction of sp³-hybridized carbons (Fsp3) is 0.0526. The summed E-state index contributed by atoms with van der Waals surface area (Å²) in [6.07, 6.45) is 0. The number of hydrogen-bond donors (Lipinski definition) is 0. The summed E-state index contributed by atoms with van der Waals surface area (Å²) in [5.41, 5.74) is 0.885. The molecule has 0 saturated carbocycles. The highest BCUT2D eigenvalue weighted by Crippen LogP contribution is 2.25. The molecule has 6 heteroatoms. The van der Waals surface area contributed by atoms with E-state index in [4.69, 9.17) is 25.3 Å². The SMILES string of the molecule is Clc1ccc(OCc2ccc(-c3nc(-c4ccccc4)no3)o2)cc1. The minimum absolute atomic E-state index is 0.293. The molecule has 5 nitrogen and oxygen atoms in total. The Morgan fingerprint density at radius 2 is 1.72 bits per heavy atom. The Morgan fingerprint density at radius 1 is 0.920 bits per heavy atom. The Labute approximate surface area is 148 Å². The third kappa shape index (κ3) is 3.56. The van der Waals surface area contributed by atoms with Gasteiger partial charge in [-0.05, 0) is 36.4 Å². The number of halogens is 1. The molecule has 25 heavy (non-hydrogen) atoms. The maximum Gasteiger partial charge on any atom is 0.293 e. The average Bonchev–Trinajstić information content (AvgIpc) is 3.31. The van der Waals surface area contributed by atoms with Crippen LogP contribution in [0, 0.1) is 0 Å². The maximum atomic E-state index is 5.85. The Bertz CT molecular complexity index is 962. The topological polar surface area (TPSA) is 61.3 Å². The van der Waals surface area contributed by atoms with Crippen LogP contribution in [0.5, 0.6) is 5.75 Å². The van der Waals surface area contributed by atoms with Crippen LogP contribution in [0.15, 0.2) is 75.7 Å². The maximum absolute atomic E-state index is 5.85. The number of benzene rings is 2. The number of hydrogen-bond acceptors (Lipinski definition) is 5. The third-order valence-corrected chi connectivity index (χ3v) is 3.78. The summed E-state index contributed by atoms with van der Waals surface area (Å²) in [5.74, 6) is 2.72. The van der Waals surface area contributed by atoms with Crippen molar-refractivity contribution in [1.82, 2.24) is 10.1 Å². The highest BCUT2D eigenvalue weighted by Gasteiger charge is 2.14. The second kappa shape index (κ2) is 6.83. The zero-order valence-electron chi connectivity index (χ0n) is 13.1. The van der Waals surface area contributed by atoms with Gasteiger partial charge in [0.05, 0.1) is 0 Å². The molecule has 0 aliphatic rings. The van der Waals surface area contributed by atoms with Gasteiger partial charge in [-0.15, -0.1) is 0 Å². The Morgan fingerprint density at radius 3 is 2.52 bits per heavy atom. The van der Waals surface area contributed by atoms with Crippen LogP contribution in [0.3, 0.4) is 0 Å². The first-order valence-electron chi connectivity index (χ1n) is 7.64. The van der Waals surface area contributed by atoms with Gasteiger partial charge in [0.2, 0.25) is 5.82 Å². The molecule has 0 amide bonds. The predicted octanol–water partition coefficient (Wildman–Crippen LogP) is 5.23. The van der Waals surface area contributed by atoms with E-state index in [0.717, 1.165) is 5.56 Å². The van der Waals surface area contributed by atoms with Gasteiger partial charge in [0, 0.05) is 10.6 Å². The van der Waals surface area contributed by atoms with Crippen molar-refractivity contribution in [2.75, 3.05) is 0 Å². The second-order valence-corrected chi connectivity index (χ2v) is 5.73. The number of aromatic nitrogens is 2. The van der Waals surface area contributed by atoms with Crippen LogP contribution < -0.4 is 4.74 Å². The fourth-order valence-corrected chi connectivity index (χ4v) is 2.41. The molecule has 4 rings (SSSR count). The van der Waals surface area contributed by atoms with Crippen molar-refractivity contribution in [2.45, 2.75) is 6.61 Å². The zero-order chi connectivity index (χ0) is 17.1. The van der Waals surface area contributed by atoms with E-state index in [1.807, 2.05) is 36.4 Å². The summed E-state index contributed by atoms with van der Waals surface area (Å²) in [6.45, 7) is 0.293. The summed E-state index contributed by atoms with van der Waals surface area (Å²) >= 11 is 5.85. The van der Waals surface area contributed by atoms with E-state index in [1.165, 1.54) is 0 Å². The Kier molecular flexibility index (Phi) is 4.23. The second-order valence-electron chi connectivity index (χ2n) is 5.30. The normalized spacial score (nSPS) is 10.8. The first-order valence-corrected chi connectivity index (χ1v) is 8.02. The number of rotatable bonds is 5. The van der Waals surface area contributed by atoms with Gasteiger partial charge in [-0.2, -0.15) is 4.98 Å². The minimum atomic E-state index is 0.293. The van der Waals surface area contributed by atoms with Crippen LogP contribution in [0.25, 0.3) is 23.0 Å². The molecule has 0 radical (unpaired) electrons. The molecule has 4 aromatic rings. The van der Waals surface area contributed by atoms with Gasteiger partial charge in [-0.3, -0.25) is 0 Å². The molecule has 0 atom stereocenters. The monoisotopic (exact) mass is 352 g/mol. The number of nitrogens with zero attached hydrogens (tertiary/aromatic N) is 2. The van der Waals surface area contributed by atoms with E-state index in [9.17, 15) is 0 Å². The number of ether oxygens (including phenoxy) is 1. The molecule has 0 unspecified atom stereocenters. The predicted molar refractivity (Wildman–Crippen MR) is 93.2 cm³/mol. The Hall–Kier alpha value is -3.05. The van der Waals surface area contributed by atoms with Gasteiger partial charge in [0.1, 0.15) is 18.1 Å². The van der Waals surface area contributed by atoms with Crippen molar-refractivity contribution in [3.05, 3.63) is 77.5 Å². The molecule has 0 fully saturated rings. The van der Waals surface area contributed by atoms with E-state index in [-0.39, 0.29) is 0 Å². The van der Waals surface area contributed by atoms with Crippen LogP contribution in [0.1, 0.15) is 5.76 Å². The summed E-state index contributed by atoms with van der Waals surface area (Å²) in [6, 6.07) is 20.4. The van der Waals surface area contributed by atoms with Crippen molar-refractivity contribution >= 4 is 11.6 Å². The zero-order valence-corrected chi connectivity index (χ0v) is 13.8. The van der Waals surface area contributed by atoms with Gasteiger partial charge in [0.15, 0.2) is 5.76 Å². The van der Waals surface area contributed by atoms with Gasteiger partial charge < -0.3 is 13.7 Å². The molecule has 0 spiro atoms. The van der Waals surface area contributed by atoms with Crippen LogP contribution in [-0.2, 0) is 6.61 Å². The van der Waals surface area contributed by atoms with Crippen molar-refractivity contribution in [1.29, 1.82) is 0 Å². The molecule has 0 bridgehead atoms. The molecule has 2 aromatic heterocycles. The fourth-order valence-electron chi connectivity index (χ4n) is 2.28. The van der Waals surface area contributed by atoms with Crippen molar-refractivity contribution < 1.29 is 13.7 Å². The average molecular weight is 353 g/mol.